The summed E-state index contributed by atoms with van der Waals surface area (Å²) in [6.07, 6.45) is 1.83. The maximum absolute atomic E-state index is 4.93. The number of benzene rings is 1. The van der Waals surface area contributed by atoms with Crippen molar-refractivity contribution in [2.24, 2.45) is 19.1 Å². The van der Waals surface area contributed by atoms with Gasteiger partial charge in [-0.1, -0.05) is 44.2 Å². The SMILES string of the molecule is CCc1nn(C)c(CC)c1CN=C(NCc1nnc(C)n1C)NC(C)c1ccccc1. The Morgan fingerprint density at radius 3 is 2.45 bits per heavy atom. The van der Waals surface area contributed by atoms with Crippen LogP contribution in [0.3, 0.4) is 0 Å². The molecule has 0 radical (unpaired) electrons. The van der Waals surface area contributed by atoms with Gasteiger partial charge in [-0.3, -0.25) is 4.68 Å². The topological polar surface area (TPSA) is 85.0 Å². The molecule has 166 valence electrons. The summed E-state index contributed by atoms with van der Waals surface area (Å²) in [4.78, 5) is 4.93. The molecule has 1 aromatic carbocycles. The first-order chi connectivity index (χ1) is 14.9. The van der Waals surface area contributed by atoms with E-state index in [1.54, 1.807) is 0 Å². The van der Waals surface area contributed by atoms with Gasteiger partial charge in [0.05, 0.1) is 24.8 Å². The number of nitrogens with zero attached hydrogens (tertiary/aromatic N) is 6. The average Bonchev–Trinajstić information content (AvgIpc) is 3.28. The Morgan fingerprint density at radius 1 is 1.10 bits per heavy atom. The van der Waals surface area contributed by atoms with Crippen molar-refractivity contribution < 1.29 is 0 Å². The molecule has 0 saturated carbocycles. The van der Waals surface area contributed by atoms with Crippen molar-refractivity contribution in [2.45, 2.75) is 59.7 Å². The Hall–Kier alpha value is -3.16. The van der Waals surface area contributed by atoms with Crippen LogP contribution in [0.4, 0.5) is 0 Å². The van der Waals surface area contributed by atoms with Crippen LogP contribution < -0.4 is 10.6 Å². The molecule has 0 aliphatic heterocycles. The molecule has 3 aromatic rings. The Labute approximate surface area is 184 Å². The van der Waals surface area contributed by atoms with E-state index in [9.17, 15) is 0 Å². The fraction of sp³-hybridized carbons (Fsp3) is 0.478. The molecule has 0 aliphatic carbocycles. The van der Waals surface area contributed by atoms with Crippen LogP contribution in [0, 0.1) is 6.92 Å². The van der Waals surface area contributed by atoms with Crippen molar-refractivity contribution in [2.75, 3.05) is 0 Å². The van der Waals surface area contributed by atoms with Gasteiger partial charge in [0, 0.05) is 25.4 Å². The summed E-state index contributed by atoms with van der Waals surface area (Å²) in [5, 5.41) is 20.0. The van der Waals surface area contributed by atoms with Gasteiger partial charge in [0.1, 0.15) is 5.82 Å². The number of guanidine groups is 1. The van der Waals surface area contributed by atoms with Gasteiger partial charge in [0.2, 0.25) is 0 Å². The third kappa shape index (κ3) is 5.31. The largest absolute Gasteiger partial charge is 0.350 e. The zero-order valence-electron chi connectivity index (χ0n) is 19.5. The highest BCUT2D eigenvalue weighted by molar-refractivity contribution is 5.80. The first-order valence-corrected chi connectivity index (χ1v) is 10.9. The lowest BCUT2D eigenvalue weighted by atomic mass is 10.1. The molecule has 0 spiro atoms. The lowest BCUT2D eigenvalue weighted by molar-refractivity contribution is 0.663. The molecule has 0 amide bonds. The molecule has 1 unspecified atom stereocenters. The molecule has 0 saturated heterocycles. The number of hydrogen-bond acceptors (Lipinski definition) is 4. The van der Waals surface area contributed by atoms with Crippen LogP contribution in [0.5, 0.6) is 0 Å². The van der Waals surface area contributed by atoms with Gasteiger partial charge in [-0.15, -0.1) is 10.2 Å². The van der Waals surface area contributed by atoms with Crippen LogP contribution in [0.15, 0.2) is 35.3 Å². The van der Waals surface area contributed by atoms with E-state index < -0.39 is 0 Å². The summed E-state index contributed by atoms with van der Waals surface area (Å²) in [5.41, 5.74) is 4.77. The van der Waals surface area contributed by atoms with Gasteiger partial charge < -0.3 is 15.2 Å². The van der Waals surface area contributed by atoms with E-state index in [-0.39, 0.29) is 6.04 Å². The zero-order chi connectivity index (χ0) is 22.4. The fourth-order valence-electron chi connectivity index (χ4n) is 3.68. The van der Waals surface area contributed by atoms with Crippen molar-refractivity contribution in [3.63, 3.8) is 0 Å². The normalized spacial score (nSPS) is 12.8. The first kappa shape index (κ1) is 22.5. The highest BCUT2D eigenvalue weighted by atomic mass is 15.3. The Kier molecular flexibility index (Phi) is 7.44. The highest BCUT2D eigenvalue weighted by Crippen LogP contribution is 2.17. The van der Waals surface area contributed by atoms with E-state index in [1.807, 2.05) is 36.3 Å². The maximum Gasteiger partial charge on any atom is 0.192 e. The number of rotatable bonds is 8. The monoisotopic (exact) mass is 422 g/mol. The van der Waals surface area contributed by atoms with Crippen molar-refractivity contribution in [3.05, 3.63) is 64.5 Å². The number of aliphatic imine (C=N–C) groups is 1. The summed E-state index contributed by atoms with van der Waals surface area (Å²) >= 11 is 0. The second-order valence-corrected chi connectivity index (χ2v) is 7.72. The van der Waals surface area contributed by atoms with Crippen LogP contribution in [-0.2, 0) is 40.0 Å². The molecule has 1 atom stereocenters. The first-order valence-electron chi connectivity index (χ1n) is 10.9. The third-order valence-corrected chi connectivity index (χ3v) is 5.67. The van der Waals surface area contributed by atoms with Crippen molar-refractivity contribution in [1.29, 1.82) is 0 Å². The number of nitrogens with one attached hydrogen (secondary N) is 2. The second kappa shape index (κ2) is 10.2. The van der Waals surface area contributed by atoms with Gasteiger partial charge in [-0.05, 0) is 32.3 Å². The molecule has 2 N–H and O–H groups in total. The lowest BCUT2D eigenvalue weighted by Crippen LogP contribution is -2.39. The van der Waals surface area contributed by atoms with Gasteiger partial charge in [0.15, 0.2) is 11.8 Å². The van der Waals surface area contributed by atoms with Crippen molar-refractivity contribution >= 4 is 5.96 Å². The summed E-state index contributed by atoms with van der Waals surface area (Å²) in [6.45, 7) is 9.50. The van der Waals surface area contributed by atoms with Crippen LogP contribution in [0.1, 0.15) is 61.0 Å². The minimum atomic E-state index is 0.110. The smallest absolute Gasteiger partial charge is 0.192 e. The van der Waals surface area contributed by atoms with E-state index in [4.69, 9.17) is 4.99 Å². The molecule has 3 rings (SSSR count). The second-order valence-electron chi connectivity index (χ2n) is 7.72. The standard InChI is InChI=1S/C23H34N8/c1-7-20-19(21(8-2)31(6)29-20)14-24-23(25-15-22-28-27-17(4)30(22)5)26-16(3)18-12-10-9-11-13-18/h9-13,16H,7-8,14-15H2,1-6H3,(H2,24,25,26). The Morgan fingerprint density at radius 2 is 1.84 bits per heavy atom. The van der Waals surface area contributed by atoms with E-state index in [2.05, 4.69) is 71.0 Å². The zero-order valence-corrected chi connectivity index (χ0v) is 19.5. The van der Waals surface area contributed by atoms with E-state index >= 15 is 0 Å². The minimum absolute atomic E-state index is 0.110. The molecule has 8 heteroatoms. The van der Waals surface area contributed by atoms with Crippen LogP contribution in [-0.4, -0.2) is 30.5 Å². The number of aryl methyl sites for hydroxylation is 3. The molecular weight excluding hydrogens is 388 g/mol. The summed E-state index contributed by atoms with van der Waals surface area (Å²) in [5.74, 6) is 2.49. The van der Waals surface area contributed by atoms with Crippen LogP contribution in [0.25, 0.3) is 0 Å². The molecular formula is C23H34N8. The van der Waals surface area contributed by atoms with Crippen molar-refractivity contribution in [1.82, 2.24) is 35.2 Å². The summed E-state index contributed by atoms with van der Waals surface area (Å²) < 4.78 is 3.97. The average molecular weight is 423 g/mol. The van der Waals surface area contributed by atoms with Gasteiger partial charge in [-0.2, -0.15) is 5.10 Å². The van der Waals surface area contributed by atoms with E-state index in [1.165, 1.54) is 16.8 Å². The molecule has 0 fully saturated rings. The molecule has 8 nitrogen and oxygen atoms in total. The molecule has 0 bridgehead atoms. The molecule has 2 heterocycles. The van der Waals surface area contributed by atoms with Crippen LogP contribution in [0.2, 0.25) is 0 Å². The predicted molar refractivity (Wildman–Crippen MR) is 124 cm³/mol. The summed E-state index contributed by atoms with van der Waals surface area (Å²) in [7, 11) is 3.98. The van der Waals surface area contributed by atoms with Gasteiger partial charge >= 0.3 is 0 Å². The van der Waals surface area contributed by atoms with E-state index in [0.717, 1.165) is 36.1 Å². The lowest BCUT2D eigenvalue weighted by Gasteiger charge is -2.19. The van der Waals surface area contributed by atoms with Crippen LogP contribution >= 0.6 is 0 Å². The van der Waals surface area contributed by atoms with Gasteiger partial charge in [0.25, 0.3) is 0 Å². The van der Waals surface area contributed by atoms with E-state index in [0.29, 0.717) is 13.1 Å². The van der Waals surface area contributed by atoms with Crippen molar-refractivity contribution in [3.8, 4) is 0 Å². The molecule has 31 heavy (non-hydrogen) atoms. The summed E-state index contributed by atoms with van der Waals surface area (Å²) in [6, 6.07) is 10.5. The molecule has 2 aromatic heterocycles. The number of aromatic nitrogens is 5. The quantitative estimate of drug-likeness (QED) is 0.431. The maximum atomic E-state index is 4.93. The fourth-order valence-corrected chi connectivity index (χ4v) is 3.68. The Bertz CT molecular complexity index is 1020. The third-order valence-electron chi connectivity index (χ3n) is 5.67. The number of hydrogen-bond donors (Lipinski definition) is 2. The highest BCUT2D eigenvalue weighted by Gasteiger charge is 2.15. The van der Waals surface area contributed by atoms with Gasteiger partial charge in [-0.25, -0.2) is 4.99 Å². The molecule has 0 aliphatic rings. The predicted octanol–water partition coefficient (Wildman–Crippen LogP) is 2.98. The minimum Gasteiger partial charge on any atom is -0.350 e. The Balaban J connectivity index is 1.83.